The zero-order chi connectivity index (χ0) is 10.8. The van der Waals surface area contributed by atoms with Crippen LogP contribution < -0.4 is 5.32 Å². The quantitative estimate of drug-likeness (QED) is 0.628. The fraction of sp³-hybridized carbons (Fsp3) is 0.900. The first-order valence-corrected chi connectivity index (χ1v) is 4.91. The van der Waals surface area contributed by atoms with Gasteiger partial charge in [0.25, 0.3) is 0 Å². The van der Waals surface area contributed by atoms with E-state index in [4.69, 9.17) is 0 Å². The minimum Gasteiger partial charge on any atom is -0.467 e. The summed E-state index contributed by atoms with van der Waals surface area (Å²) in [4.78, 5) is 11.1. The molecular weight excluding hydrogens is 182 g/mol. The van der Waals surface area contributed by atoms with Gasteiger partial charge in [-0.1, -0.05) is 6.92 Å². The molecule has 14 heavy (non-hydrogen) atoms. The van der Waals surface area contributed by atoms with Crippen LogP contribution in [0.1, 0.15) is 26.7 Å². The van der Waals surface area contributed by atoms with E-state index in [0.29, 0.717) is 5.41 Å². The SMILES string of the molecule is COC(=O)C(C)(O)CNCC1(C)CC1. The Balaban J connectivity index is 2.25. The standard InChI is InChI=1S/C10H19NO3/c1-9(4-5-9)6-11-7-10(2,13)8(12)14-3/h11,13H,4-7H2,1-3H3. The summed E-state index contributed by atoms with van der Waals surface area (Å²) in [6, 6.07) is 0. The van der Waals surface area contributed by atoms with Crippen molar-refractivity contribution in [2.75, 3.05) is 20.2 Å². The van der Waals surface area contributed by atoms with Crippen LogP contribution >= 0.6 is 0 Å². The van der Waals surface area contributed by atoms with Gasteiger partial charge < -0.3 is 15.2 Å². The van der Waals surface area contributed by atoms with Crippen molar-refractivity contribution >= 4 is 5.97 Å². The number of aliphatic hydroxyl groups is 1. The average Bonchev–Trinajstić information content (AvgIpc) is 2.82. The smallest absolute Gasteiger partial charge is 0.338 e. The summed E-state index contributed by atoms with van der Waals surface area (Å²) in [6.45, 7) is 4.74. The molecule has 1 unspecified atom stereocenters. The molecule has 0 spiro atoms. The number of carbonyl (C=O) groups is 1. The number of ether oxygens (including phenoxy) is 1. The zero-order valence-electron chi connectivity index (χ0n) is 9.09. The highest BCUT2D eigenvalue weighted by molar-refractivity contribution is 5.78. The van der Waals surface area contributed by atoms with Crippen LogP contribution in [0.25, 0.3) is 0 Å². The average molecular weight is 201 g/mol. The molecule has 0 aromatic heterocycles. The van der Waals surface area contributed by atoms with Crippen molar-refractivity contribution in [1.82, 2.24) is 5.32 Å². The van der Waals surface area contributed by atoms with Crippen molar-refractivity contribution in [1.29, 1.82) is 0 Å². The second-order valence-corrected chi connectivity index (χ2v) is 4.68. The molecule has 0 bridgehead atoms. The van der Waals surface area contributed by atoms with Gasteiger partial charge in [0.05, 0.1) is 7.11 Å². The summed E-state index contributed by atoms with van der Waals surface area (Å²) >= 11 is 0. The van der Waals surface area contributed by atoms with Crippen LogP contribution in [0.5, 0.6) is 0 Å². The van der Waals surface area contributed by atoms with E-state index >= 15 is 0 Å². The second-order valence-electron chi connectivity index (χ2n) is 4.68. The lowest BCUT2D eigenvalue weighted by Crippen LogP contribution is -2.46. The largest absolute Gasteiger partial charge is 0.467 e. The Bertz CT molecular complexity index is 221. The minimum absolute atomic E-state index is 0.245. The first-order chi connectivity index (χ1) is 6.40. The Kier molecular flexibility index (Phi) is 3.17. The predicted molar refractivity (Wildman–Crippen MR) is 52.9 cm³/mol. The van der Waals surface area contributed by atoms with Gasteiger partial charge in [-0.3, -0.25) is 0 Å². The molecule has 0 radical (unpaired) electrons. The van der Waals surface area contributed by atoms with Crippen molar-refractivity contribution in [3.8, 4) is 0 Å². The van der Waals surface area contributed by atoms with Gasteiger partial charge in [-0.05, 0) is 25.2 Å². The van der Waals surface area contributed by atoms with Gasteiger partial charge in [0.15, 0.2) is 5.60 Å². The molecule has 4 heteroatoms. The van der Waals surface area contributed by atoms with Crippen molar-refractivity contribution in [3.63, 3.8) is 0 Å². The Morgan fingerprint density at radius 1 is 1.64 bits per heavy atom. The van der Waals surface area contributed by atoms with E-state index in [0.717, 1.165) is 6.54 Å². The van der Waals surface area contributed by atoms with Gasteiger partial charge in [0.1, 0.15) is 0 Å². The number of rotatable bonds is 5. The molecule has 1 saturated carbocycles. The maximum absolute atomic E-state index is 11.1. The lowest BCUT2D eigenvalue weighted by molar-refractivity contribution is -0.159. The van der Waals surface area contributed by atoms with Crippen molar-refractivity contribution in [2.24, 2.45) is 5.41 Å². The minimum atomic E-state index is -1.42. The number of hydrogen-bond donors (Lipinski definition) is 2. The summed E-state index contributed by atoms with van der Waals surface area (Å²) in [7, 11) is 1.28. The first-order valence-electron chi connectivity index (χ1n) is 4.91. The van der Waals surface area contributed by atoms with Crippen molar-refractivity contribution < 1.29 is 14.6 Å². The van der Waals surface area contributed by atoms with E-state index in [1.54, 1.807) is 0 Å². The molecular formula is C10H19NO3. The van der Waals surface area contributed by atoms with E-state index < -0.39 is 11.6 Å². The van der Waals surface area contributed by atoms with Gasteiger partial charge in [-0.25, -0.2) is 4.79 Å². The molecule has 1 aliphatic rings. The highest BCUT2D eigenvalue weighted by Gasteiger charge is 2.38. The van der Waals surface area contributed by atoms with Gasteiger partial charge in [0, 0.05) is 13.1 Å². The van der Waals surface area contributed by atoms with Gasteiger partial charge >= 0.3 is 5.97 Å². The van der Waals surface area contributed by atoms with E-state index in [9.17, 15) is 9.90 Å². The Labute approximate surface area is 84.6 Å². The Morgan fingerprint density at radius 3 is 2.64 bits per heavy atom. The van der Waals surface area contributed by atoms with Crippen molar-refractivity contribution in [2.45, 2.75) is 32.3 Å². The van der Waals surface area contributed by atoms with Crippen LogP contribution in [-0.2, 0) is 9.53 Å². The topological polar surface area (TPSA) is 58.6 Å². The van der Waals surface area contributed by atoms with Gasteiger partial charge in [0.2, 0.25) is 0 Å². The van der Waals surface area contributed by atoms with E-state index in [2.05, 4.69) is 17.0 Å². The molecule has 0 heterocycles. The zero-order valence-corrected chi connectivity index (χ0v) is 9.09. The number of esters is 1. The molecule has 1 atom stereocenters. The maximum Gasteiger partial charge on any atom is 0.338 e. The second kappa shape index (κ2) is 3.87. The van der Waals surface area contributed by atoms with Crippen LogP contribution in [0.15, 0.2) is 0 Å². The molecule has 2 N–H and O–H groups in total. The highest BCUT2D eigenvalue weighted by Crippen LogP contribution is 2.44. The molecule has 4 nitrogen and oxygen atoms in total. The molecule has 0 saturated heterocycles. The maximum atomic E-state index is 11.1. The number of carbonyl (C=O) groups excluding carboxylic acids is 1. The lowest BCUT2D eigenvalue weighted by Gasteiger charge is -2.21. The molecule has 0 aliphatic heterocycles. The Morgan fingerprint density at radius 2 is 2.21 bits per heavy atom. The van der Waals surface area contributed by atoms with Gasteiger partial charge in [-0.2, -0.15) is 0 Å². The van der Waals surface area contributed by atoms with Crippen LogP contribution in [0, 0.1) is 5.41 Å². The van der Waals surface area contributed by atoms with E-state index in [1.165, 1.54) is 26.9 Å². The first kappa shape index (κ1) is 11.5. The normalized spacial score (nSPS) is 22.6. The van der Waals surface area contributed by atoms with E-state index in [-0.39, 0.29) is 6.54 Å². The fourth-order valence-corrected chi connectivity index (χ4v) is 1.29. The third kappa shape index (κ3) is 2.96. The monoisotopic (exact) mass is 201 g/mol. The highest BCUT2D eigenvalue weighted by atomic mass is 16.5. The lowest BCUT2D eigenvalue weighted by atomic mass is 10.1. The summed E-state index contributed by atoms with van der Waals surface area (Å²) < 4.78 is 4.48. The molecule has 0 aromatic rings. The molecule has 1 rings (SSSR count). The third-order valence-electron chi connectivity index (χ3n) is 2.75. The summed E-state index contributed by atoms with van der Waals surface area (Å²) in [5.74, 6) is -0.592. The molecule has 1 fully saturated rings. The number of hydrogen-bond acceptors (Lipinski definition) is 4. The van der Waals surface area contributed by atoms with Crippen LogP contribution in [0.2, 0.25) is 0 Å². The molecule has 0 amide bonds. The van der Waals surface area contributed by atoms with E-state index in [1.807, 2.05) is 0 Å². The summed E-state index contributed by atoms with van der Waals surface area (Å²) in [6.07, 6.45) is 2.45. The molecule has 82 valence electrons. The Hall–Kier alpha value is -0.610. The van der Waals surface area contributed by atoms with Crippen LogP contribution in [0.4, 0.5) is 0 Å². The molecule has 0 aromatic carbocycles. The molecule has 1 aliphatic carbocycles. The summed E-state index contributed by atoms with van der Waals surface area (Å²) in [5.41, 5.74) is -1.04. The van der Waals surface area contributed by atoms with Crippen molar-refractivity contribution in [3.05, 3.63) is 0 Å². The van der Waals surface area contributed by atoms with Gasteiger partial charge in [-0.15, -0.1) is 0 Å². The van der Waals surface area contributed by atoms with Crippen LogP contribution in [0.3, 0.4) is 0 Å². The third-order valence-corrected chi connectivity index (χ3v) is 2.75. The predicted octanol–water partition coefficient (Wildman–Crippen LogP) is 0.300. The van der Waals surface area contributed by atoms with Crippen LogP contribution in [-0.4, -0.2) is 36.9 Å². The number of methoxy groups -OCH3 is 1. The number of nitrogens with one attached hydrogen (secondary N) is 1. The summed E-state index contributed by atoms with van der Waals surface area (Å²) in [5, 5.41) is 12.8. The fourth-order valence-electron chi connectivity index (χ4n) is 1.29.